The molecule has 0 aliphatic carbocycles. The molecule has 1 aliphatic rings. The van der Waals surface area contributed by atoms with Gasteiger partial charge in [0.25, 0.3) is 5.91 Å². The highest BCUT2D eigenvalue weighted by molar-refractivity contribution is 14.1. The number of H-pyrrole nitrogens is 1. The second-order valence-electron chi connectivity index (χ2n) is 7.39. The number of amidine groups is 1. The average Bonchev–Trinajstić information content (AvgIpc) is 3.30. The van der Waals surface area contributed by atoms with E-state index in [1.165, 1.54) is 0 Å². The molecule has 3 heterocycles. The quantitative estimate of drug-likeness (QED) is 0.188. The number of alkyl halides is 1. The normalized spacial score (nSPS) is 14.9. The van der Waals surface area contributed by atoms with Crippen LogP contribution in [0.2, 0.25) is 5.02 Å². The smallest absolute Gasteiger partial charge is 0.269 e. The number of nitrogens with zero attached hydrogens (tertiary/aromatic N) is 4. The van der Waals surface area contributed by atoms with Crippen molar-refractivity contribution in [2.45, 2.75) is 4.05 Å². The Labute approximate surface area is 214 Å². The first kappa shape index (κ1) is 22.4. The predicted octanol–water partition coefficient (Wildman–Crippen LogP) is 5.31. The first-order valence-electron chi connectivity index (χ1n) is 10.3. The number of nitrogens with one attached hydrogen (secondary N) is 2. The number of ether oxygens (including phenoxy) is 1. The Morgan fingerprint density at radius 2 is 1.88 bits per heavy atom. The first-order valence-corrected chi connectivity index (χ1v) is 11.9. The highest BCUT2D eigenvalue weighted by Gasteiger charge is 2.34. The molecule has 5 rings (SSSR count). The van der Waals surface area contributed by atoms with E-state index >= 15 is 0 Å². The Bertz CT molecular complexity index is 1390. The zero-order chi connectivity index (χ0) is 23.7. The molecular formula is C24H18ClIN6O2. The maximum Gasteiger partial charge on any atom is 0.269 e. The molecule has 0 radical (unpaired) electrons. The van der Waals surface area contributed by atoms with Crippen molar-refractivity contribution in [1.29, 1.82) is 0 Å². The van der Waals surface area contributed by atoms with Crippen LogP contribution in [-0.4, -0.2) is 39.0 Å². The second kappa shape index (κ2) is 9.43. The van der Waals surface area contributed by atoms with Gasteiger partial charge in [-0.3, -0.25) is 20.3 Å². The van der Waals surface area contributed by atoms with Crippen molar-refractivity contribution in [3.05, 3.63) is 94.9 Å². The molecule has 1 unspecified atom stereocenters. The van der Waals surface area contributed by atoms with E-state index in [2.05, 4.69) is 43.2 Å². The lowest BCUT2D eigenvalue weighted by atomic mass is 10.1. The first-order chi connectivity index (χ1) is 16.5. The van der Waals surface area contributed by atoms with Gasteiger partial charge in [0.15, 0.2) is 5.84 Å². The third kappa shape index (κ3) is 4.24. The van der Waals surface area contributed by atoms with Gasteiger partial charge in [-0.1, -0.05) is 35.9 Å². The number of benzene rings is 2. The second-order valence-corrected chi connectivity index (χ2v) is 9.01. The van der Waals surface area contributed by atoms with E-state index < -0.39 is 0 Å². The van der Waals surface area contributed by atoms with E-state index in [9.17, 15) is 4.79 Å². The molecule has 34 heavy (non-hydrogen) atoms. The number of hydrazine groups is 1. The van der Waals surface area contributed by atoms with Gasteiger partial charge in [0.2, 0.25) is 0 Å². The number of methoxy groups -OCH3 is 1. The van der Waals surface area contributed by atoms with Crippen molar-refractivity contribution in [3.63, 3.8) is 0 Å². The van der Waals surface area contributed by atoms with Crippen LogP contribution in [0.3, 0.4) is 0 Å². The van der Waals surface area contributed by atoms with Crippen LogP contribution < -0.4 is 10.2 Å². The van der Waals surface area contributed by atoms with Crippen LogP contribution >= 0.6 is 34.2 Å². The summed E-state index contributed by atoms with van der Waals surface area (Å²) in [5.41, 5.74) is 7.23. The minimum atomic E-state index is -0.322. The summed E-state index contributed by atoms with van der Waals surface area (Å²) < 4.78 is 5.09. The van der Waals surface area contributed by atoms with E-state index in [0.29, 0.717) is 33.6 Å². The van der Waals surface area contributed by atoms with Crippen LogP contribution in [0.5, 0.6) is 5.75 Å². The SMILES string of the molecule is COc1cccc(C2=Nc3c(-c4cccc(Cl)c4)n[nH]c3C(I)N2NC(=O)c2ccncc2)c1. The van der Waals surface area contributed by atoms with Crippen molar-refractivity contribution >= 4 is 51.6 Å². The molecule has 170 valence electrons. The molecule has 1 amide bonds. The summed E-state index contributed by atoms with van der Waals surface area (Å²) >= 11 is 8.47. The molecule has 8 nitrogen and oxygen atoms in total. The lowest BCUT2D eigenvalue weighted by Crippen LogP contribution is -2.48. The molecule has 10 heteroatoms. The van der Waals surface area contributed by atoms with Gasteiger partial charge in [0.1, 0.15) is 21.2 Å². The molecule has 0 spiro atoms. The molecular weight excluding hydrogens is 567 g/mol. The van der Waals surface area contributed by atoms with E-state index in [1.807, 2.05) is 48.5 Å². The maximum absolute atomic E-state index is 13.0. The number of aliphatic imine (C=N–C) groups is 1. The molecule has 1 aliphatic heterocycles. The topological polar surface area (TPSA) is 95.5 Å². The number of hydrogen-bond acceptors (Lipinski definition) is 6. The molecule has 2 N–H and O–H groups in total. The van der Waals surface area contributed by atoms with Gasteiger partial charge in [-0.25, -0.2) is 10.0 Å². The van der Waals surface area contributed by atoms with Gasteiger partial charge in [0.05, 0.1) is 12.8 Å². The number of aromatic amines is 1. The predicted molar refractivity (Wildman–Crippen MR) is 139 cm³/mol. The summed E-state index contributed by atoms with van der Waals surface area (Å²) in [4.78, 5) is 22.0. The maximum atomic E-state index is 13.0. The number of amides is 1. The van der Waals surface area contributed by atoms with E-state index in [-0.39, 0.29) is 9.96 Å². The zero-order valence-electron chi connectivity index (χ0n) is 17.9. The molecule has 4 aromatic rings. The van der Waals surface area contributed by atoms with Gasteiger partial charge in [-0.15, -0.1) is 0 Å². The van der Waals surface area contributed by atoms with Crippen LogP contribution in [0.1, 0.15) is 25.7 Å². The van der Waals surface area contributed by atoms with Crippen LogP contribution in [0.4, 0.5) is 5.69 Å². The fourth-order valence-corrected chi connectivity index (χ4v) is 4.64. The van der Waals surface area contributed by atoms with Crippen molar-refractivity contribution in [2.75, 3.05) is 7.11 Å². The van der Waals surface area contributed by atoms with Gasteiger partial charge in [0, 0.05) is 34.1 Å². The van der Waals surface area contributed by atoms with Gasteiger partial charge < -0.3 is 4.74 Å². The lowest BCUT2D eigenvalue weighted by Gasteiger charge is -2.33. The number of rotatable bonds is 5. The summed E-state index contributed by atoms with van der Waals surface area (Å²) in [5.74, 6) is 0.953. The Kier molecular flexibility index (Phi) is 6.20. The molecule has 0 fully saturated rings. The van der Waals surface area contributed by atoms with Crippen LogP contribution in [0.25, 0.3) is 11.3 Å². The summed E-state index contributed by atoms with van der Waals surface area (Å²) in [5, 5.41) is 9.95. The number of hydrogen-bond donors (Lipinski definition) is 2. The highest BCUT2D eigenvalue weighted by Crippen LogP contribution is 2.43. The lowest BCUT2D eigenvalue weighted by molar-refractivity contribution is 0.0864. The molecule has 0 saturated carbocycles. The summed E-state index contributed by atoms with van der Waals surface area (Å²) in [6.07, 6.45) is 3.15. The van der Waals surface area contributed by atoms with E-state index in [1.54, 1.807) is 36.6 Å². The molecule has 2 aromatic carbocycles. The number of halogens is 2. The number of pyridine rings is 1. The largest absolute Gasteiger partial charge is 0.497 e. The van der Waals surface area contributed by atoms with Gasteiger partial charge in [-0.05, 0) is 59.0 Å². The molecule has 1 atom stereocenters. The summed E-state index contributed by atoms with van der Waals surface area (Å²) in [6.45, 7) is 0. The Balaban J connectivity index is 1.62. The number of carbonyl (C=O) groups excluding carboxylic acids is 1. The average molecular weight is 585 g/mol. The van der Waals surface area contributed by atoms with Crippen molar-refractivity contribution in [3.8, 4) is 17.0 Å². The van der Waals surface area contributed by atoms with Crippen molar-refractivity contribution in [2.24, 2.45) is 4.99 Å². The summed E-state index contributed by atoms with van der Waals surface area (Å²) in [7, 11) is 1.61. The zero-order valence-corrected chi connectivity index (χ0v) is 20.8. The molecule has 0 saturated heterocycles. The Morgan fingerprint density at radius 3 is 2.65 bits per heavy atom. The Morgan fingerprint density at radius 1 is 1.12 bits per heavy atom. The Hall–Kier alpha value is -3.44. The minimum Gasteiger partial charge on any atom is -0.497 e. The van der Waals surface area contributed by atoms with Crippen LogP contribution in [-0.2, 0) is 0 Å². The third-order valence-corrected chi connectivity index (χ3v) is 6.68. The van der Waals surface area contributed by atoms with Crippen LogP contribution in [0.15, 0.2) is 78.0 Å². The van der Waals surface area contributed by atoms with E-state index in [4.69, 9.17) is 21.3 Å². The van der Waals surface area contributed by atoms with E-state index in [0.717, 1.165) is 16.8 Å². The van der Waals surface area contributed by atoms with Gasteiger partial charge >= 0.3 is 0 Å². The standard InChI is InChI=1S/C24H18ClIN6O2/c1-34-18-7-3-5-16(13-18)23-28-20-19(15-4-2-6-17(25)12-15)29-30-21(20)22(26)32(23)31-24(33)14-8-10-27-11-9-14/h2-13,22H,1H3,(H,29,30)(H,31,33). The van der Waals surface area contributed by atoms with Crippen molar-refractivity contribution in [1.82, 2.24) is 25.6 Å². The third-order valence-electron chi connectivity index (χ3n) is 5.27. The van der Waals surface area contributed by atoms with Crippen LogP contribution in [0, 0.1) is 0 Å². The van der Waals surface area contributed by atoms with Gasteiger partial charge in [-0.2, -0.15) is 5.10 Å². The van der Waals surface area contributed by atoms with Crippen molar-refractivity contribution < 1.29 is 9.53 Å². The number of aromatic nitrogens is 3. The minimum absolute atomic E-state index is 0.280. The highest BCUT2D eigenvalue weighted by atomic mass is 127. The summed E-state index contributed by atoms with van der Waals surface area (Å²) in [6, 6.07) is 18.3. The number of carbonyl (C=O) groups is 1. The molecule has 0 bridgehead atoms. The number of fused-ring (bicyclic) bond motifs is 1. The fourth-order valence-electron chi connectivity index (χ4n) is 3.61. The molecule has 2 aromatic heterocycles. The fraction of sp³-hybridized carbons (Fsp3) is 0.0833. The monoisotopic (exact) mass is 584 g/mol.